The number of piperazine rings is 1. The van der Waals surface area contributed by atoms with Crippen molar-refractivity contribution in [3.63, 3.8) is 0 Å². The fourth-order valence-corrected chi connectivity index (χ4v) is 6.82. The first-order valence-corrected chi connectivity index (χ1v) is 16.2. The predicted octanol–water partition coefficient (Wildman–Crippen LogP) is 2.63. The van der Waals surface area contributed by atoms with Gasteiger partial charge in [0.15, 0.2) is 29.8 Å². The molecule has 16 nitrogen and oxygen atoms in total. The number of nitrogens with zero attached hydrogens (tertiary/aromatic N) is 9. The summed E-state index contributed by atoms with van der Waals surface area (Å²) in [6.45, 7) is 3.34. The molecule has 6 rings (SSSR count). The van der Waals surface area contributed by atoms with Gasteiger partial charge in [-0.25, -0.2) is 15.0 Å². The predicted molar refractivity (Wildman–Crippen MR) is 172 cm³/mol. The number of benzene rings is 1. The van der Waals surface area contributed by atoms with Gasteiger partial charge in [-0.3, -0.25) is 19.1 Å². The number of aliphatic hydroxyl groups is 1. The first-order valence-electron chi connectivity index (χ1n) is 15.8. The lowest BCUT2D eigenvalue weighted by Crippen LogP contribution is -2.53. The van der Waals surface area contributed by atoms with Gasteiger partial charge in [-0.15, -0.1) is 0 Å². The second kappa shape index (κ2) is 14.7. The van der Waals surface area contributed by atoms with Gasteiger partial charge in [0.2, 0.25) is 5.91 Å². The van der Waals surface area contributed by atoms with E-state index in [1.807, 2.05) is 4.90 Å². The number of rotatable bonds is 10. The van der Waals surface area contributed by atoms with Crippen molar-refractivity contribution >= 4 is 40.4 Å². The molecule has 47 heavy (non-hydrogen) atoms. The number of hydrogen-bond donors (Lipinski definition) is 3. The van der Waals surface area contributed by atoms with Crippen molar-refractivity contribution in [3.8, 4) is 5.75 Å². The number of hydrogen-bond acceptors (Lipinski definition) is 11. The zero-order valence-electron chi connectivity index (χ0n) is 26.0. The van der Waals surface area contributed by atoms with E-state index >= 15 is 0 Å². The highest BCUT2D eigenvalue weighted by Gasteiger charge is 2.48. The third kappa shape index (κ3) is 7.06. The van der Waals surface area contributed by atoms with Gasteiger partial charge in [-0.1, -0.05) is 36.0 Å². The Morgan fingerprint density at radius 1 is 1.17 bits per heavy atom. The van der Waals surface area contributed by atoms with Crippen molar-refractivity contribution < 1.29 is 24.2 Å². The summed E-state index contributed by atoms with van der Waals surface area (Å²) in [7, 11) is 1.42. The molecule has 3 aliphatic rings. The summed E-state index contributed by atoms with van der Waals surface area (Å²) >= 11 is 6.32. The van der Waals surface area contributed by atoms with Crippen LogP contribution in [0.15, 0.2) is 36.0 Å². The molecule has 2 amide bonds. The summed E-state index contributed by atoms with van der Waals surface area (Å²) in [5.74, 6) is 0.305. The highest BCUT2D eigenvalue weighted by atomic mass is 35.5. The van der Waals surface area contributed by atoms with Crippen molar-refractivity contribution in [2.75, 3.05) is 45.2 Å². The number of imidazole rings is 1. The highest BCUT2D eigenvalue weighted by molar-refractivity contribution is 6.30. The Labute approximate surface area is 276 Å². The number of amides is 2. The Bertz CT molecular complexity index is 1640. The van der Waals surface area contributed by atoms with E-state index in [1.54, 1.807) is 18.2 Å². The minimum absolute atomic E-state index is 0.0529. The number of ether oxygens (including phenoxy) is 2. The molecule has 1 saturated carbocycles. The second-order valence-corrected chi connectivity index (χ2v) is 12.3. The Morgan fingerprint density at radius 2 is 1.96 bits per heavy atom. The number of azide groups is 1. The molecule has 3 aromatic rings. The van der Waals surface area contributed by atoms with Crippen LogP contribution in [0.5, 0.6) is 5.75 Å². The molecule has 0 unspecified atom stereocenters. The Hall–Kier alpha value is -4.21. The van der Waals surface area contributed by atoms with Gasteiger partial charge in [0.1, 0.15) is 30.3 Å². The topological polar surface area (TPSA) is 196 Å². The maximum atomic E-state index is 13.1. The number of carbonyl (C=O) groups is 2. The third-order valence-electron chi connectivity index (χ3n) is 9.14. The minimum atomic E-state index is -1.34. The molecule has 2 aromatic heterocycles. The first-order chi connectivity index (χ1) is 22.9. The van der Waals surface area contributed by atoms with Gasteiger partial charge in [-0.05, 0) is 36.6 Å². The number of halogens is 1. The Kier molecular flexibility index (Phi) is 10.2. The maximum Gasteiger partial charge on any atom is 0.260 e. The van der Waals surface area contributed by atoms with E-state index in [9.17, 15) is 14.7 Å². The standard InChI is InChI=1S/C30H38ClN11O5/c1-33-29(45)26-23(38-39-32)25(44)30(47-26)42-17-37-24-27(35-16-36-28(24)42)34-14-18-13-19(31)7-8-21(18)46-15-22(43)41-11-9-40(10-12-41)20-5-3-2-4-6-20/h7-8,13,16-17,20,23,25-26,30,44H,2-6,9-12,14-15H2,1H3,(H,33,45)(H,34,35,36)/t23-,25+,26-,30+/m0/s1. The Morgan fingerprint density at radius 3 is 2.70 bits per heavy atom. The van der Waals surface area contributed by atoms with Gasteiger partial charge in [-0.2, -0.15) is 0 Å². The summed E-state index contributed by atoms with van der Waals surface area (Å²) < 4.78 is 13.3. The van der Waals surface area contributed by atoms with Crippen LogP contribution in [0.1, 0.15) is 43.9 Å². The molecule has 1 aromatic carbocycles. The van der Waals surface area contributed by atoms with Gasteiger partial charge in [0, 0.05) is 61.3 Å². The summed E-state index contributed by atoms with van der Waals surface area (Å²) in [6.07, 6.45) is 5.52. The number of likely N-dealkylation sites (N-methyl/N-ethyl adjacent to an activating group) is 1. The summed E-state index contributed by atoms with van der Waals surface area (Å²) in [5.41, 5.74) is 10.4. The third-order valence-corrected chi connectivity index (χ3v) is 9.37. The van der Waals surface area contributed by atoms with Gasteiger partial charge >= 0.3 is 0 Å². The monoisotopic (exact) mass is 667 g/mol. The van der Waals surface area contributed by atoms with Crippen LogP contribution in [-0.4, -0.2) is 110 Å². The first kappa shape index (κ1) is 32.7. The average molecular weight is 668 g/mol. The largest absolute Gasteiger partial charge is 0.483 e. The molecular weight excluding hydrogens is 630 g/mol. The summed E-state index contributed by atoms with van der Waals surface area (Å²) in [5, 5.41) is 20.7. The molecule has 0 bridgehead atoms. The normalized spacial score (nSPS) is 23.8. The minimum Gasteiger partial charge on any atom is -0.483 e. The van der Waals surface area contributed by atoms with Crippen molar-refractivity contribution in [2.24, 2.45) is 5.11 Å². The maximum absolute atomic E-state index is 13.1. The van der Waals surface area contributed by atoms with Crippen molar-refractivity contribution in [1.29, 1.82) is 0 Å². The van der Waals surface area contributed by atoms with Crippen LogP contribution in [0.25, 0.3) is 21.6 Å². The van der Waals surface area contributed by atoms with E-state index in [0.717, 1.165) is 13.1 Å². The van der Waals surface area contributed by atoms with Crippen LogP contribution in [0, 0.1) is 0 Å². The lowest BCUT2D eigenvalue weighted by Gasteiger charge is -2.40. The molecule has 4 heterocycles. The molecule has 2 saturated heterocycles. The summed E-state index contributed by atoms with van der Waals surface area (Å²) in [4.78, 5) is 45.7. The zero-order chi connectivity index (χ0) is 32.9. The van der Waals surface area contributed by atoms with Crippen molar-refractivity contribution in [2.45, 2.75) is 69.2 Å². The smallest absolute Gasteiger partial charge is 0.260 e. The van der Waals surface area contributed by atoms with Crippen LogP contribution < -0.4 is 15.4 Å². The van der Waals surface area contributed by atoms with E-state index in [2.05, 4.69) is 40.5 Å². The van der Waals surface area contributed by atoms with E-state index in [4.69, 9.17) is 26.6 Å². The highest BCUT2D eigenvalue weighted by Crippen LogP contribution is 2.34. The molecule has 1 aliphatic carbocycles. The van der Waals surface area contributed by atoms with Crippen LogP contribution in [0.3, 0.4) is 0 Å². The van der Waals surface area contributed by atoms with Crippen LogP contribution in [0.2, 0.25) is 5.02 Å². The van der Waals surface area contributed by atoms with E-state index in [0.29, 0.717) is 52.4 Å². The van der Waals surface area contributed by atoms with Crippen molar-refractivity contribution in [3.05, 3.63) is 51.9 Å². The molecule has 0 spiro atoms. The number of carbonyl (C=O) groups excluding carboxylic acids is 2. The molecule has 250 valence electrons. The number of aromatic nitrogens is 4. The molecule has 17 heteroatoms. The van der Waals surface area contributed by atoms with Crippen molar-refractivity contribution in [1.82, 2.24) is 34.6 Å². The van der Waals surface area contributed by atoms with Crippen LogP contribution in [-0.2, 0) is 20.9 Å². The van der Waals surface area contributed by atoms with Crippen LogP contribution in [0.4, 0.5) is 5.82 Å². The number of aliphatic hydroxyl groups excluding tert-OH is 1. The lowest BCUT2D eigenvalue weighted by atomic mass is 9.94. The molecule has 3 fully saturated rings. The molecular formula is C30H38ClN11O5. The van der Waals surface area contributed by atoms with E-state index in [-0.39, 0.29) is 19.1 Å². The SMILES string of the molecule is CNC(=O)[C@H]1O[C@@H](n2cnc3c(NCc4cc(Cl)ccc4OCC(=O)N4CCN(C5CCCCC5)CC4)ncnc32)[C@H](O)[C@@H]1N=[N+]=[N-]. The molecule has 2 aliphatic heterocycles. The average Bonchev–Trinajstić information content (AvgIpc) is 3.68. The molecule has 3 N–H and O–H groups in total. The molecule has 4 atom stereocenters. The number of nitrogens with one attached hydrogen (secondary N) is 2. The molecule has 0 radical (unpaired) electrons. The van der Waals surface area contributed by atoms with Gasteiger partial charge in [0.25, 0.3) is 5.91 Å². The zero-order valence-corrected chi connectivity index (χ0v) is 26.8. The fourth-order valence-electron chi connectivity index (χ4n) is 6.62. The fraction of sp³-hybridized carbons (Fsp3) is 0.567. The number of fused-ring (bicyclic) bond motifs is 1. The van der Waals surface area contributed by atoms with Gasteiger partial charge in [0.05, 0.1) is 6.33 Å². The second-order valence-electron chi connectivity index (χ2n) is 11.9. The number of anilines is 1. The van der Waals surface area contributed by atoms with Gasteiger partial charge < -0.3 is 30.1 Å². The Balaban J connectivity index is 1.10. The summed E-state index contributed by atoms with van der Waals surface area (Å²) in [6, 6.07) is 4.69. The lowest BCUT2D eigenvalue weighted by molar-refractivity contribution is -0.135. The van der Waals surface area contributed by atoms with E-state index in [1.165, 1.54) is 56.4 Å². The van der Waals surface area contributed by atoms with Crippen LogP contribution >= 0.6 is 11.6 Å². The van der Waals surface area contributed by atoms with E-state index < -0.39 is 30.4 Å². The quantitative estimate of drug-likeness (QED) is 0.164.